The van der Waals surface area contributed by atoms with Crippen LogP contribution in [0.25, 0.3) is 0 Å². The number of hydrogen-bond acceptors (Lipinski definition) is 6. The predicted octanol–water partition coefficient (Wildman–Crippen LogP) is 0.648. The van der Waals surface area contributed by atoms with Crippen LogP contribution >= 0.6 is 0 Å². The van der Waals surface area contributed by atoms with Crippen LogP contribution in [0, 0.1) is 0 Å². The summed E-state index contributed by atoms with van der Waals surface area (Å²) in [7, 11) is 1.62. The summed E-state index contributed by atoms with van der Waals surface area (Å²) < 4.78 is 18.2. The van der Waals surface area contributed by atoms with Crippen molar-refractivity contribution in [2.45, 2.75) is 18.8 Å². The van der Waals surface area contributed by atoms with E-state index in [2.05, 4.69) is 10.3 Å². The van der Waals surface area contributed by atoms with E-state index in [-0.39, 0.29) is 18.6 Å². The summed E-state index contributed by atoms with van der Waals surface area (Å²) >= 11 is 0. The molecule has 24 heavy (non-hydrogen) atoms. The van der Waals surface area contributed by atoms with Crippen molar-refractivity contribution in [2.75, 3.05) is 26.8 Å². The summed E-state index contributed by atoms with van der Waals surface area (Å²) in [6.45, 7) is 1.85. The van der Waals surface area contributed by atoms with Gasteiger partial charge < -0.3 is 19.1 Å². The number of ether oxygens (including phenoxy) is 3. The van der Waals surface area contributed by atoms with E-state index in [1.807, 2.05) is 24.4 Å². The molecule has 8 heteroatoms. The Bertz CT molecular complexity index is 741. The second-order valence-corrected chi connectivity index (χ2v) is 5.88. The van der Waals surface area contributed by atoms with Gasteiger partial charge in [-0.05, 0) is 12.1 Å². The standard InChI is InChI=1S/C16H18N4O4/c1-22-9-11-6-20(18-17-11)12-7-19(8-12)16(21)15-10-23-13-4-2-3-5-14(13)24-15/h2-6,12,15H,7-10H2,1H3. The fraction of sp³-hybridized carbons (Fsp3) is 0.438. The Kier molecular flexibility index (Phi) is 3.81. The van der Waals surface area contributed by atoms with Crippen molar-refractivity contribution in [3.05, 3.63) is 36.2 Å². The Morgan fingerprint density at radius 1 is 1.33 bits per heavy atom. The minimum Gasteiger partial charge on any atom is -0.485 e. The molecule has 0 aliphatic carbocycles. The molecule has 1 atom stereocenters. The number of aromatic nitrogens is 3. The lowest BCUT2D eigenvalue weighted by molar-refractivity contribution is -0.147. The zero-order chi connectivity index (χ0) is 16.5. The van der Waals surface area contributed by atoms with E-state index in [1.165, 1.54) is 0 Å². The maximum Gasteiger partial charge on any atom is 0.267 e. The van der Waals surface area contributed by atoms with Crippen LogP contribution in [0.15, 0.2) is 30.5 Å². The Hall–Kier alpha value is -2.61. The minimum atomic E-state index is -0.597. The van der Waals surface area contributed by atoms with Gasteiger partial charge in [-0.2, -0.15) is 0 Å². The topological polar surface area (TPSA) is 78.7 Å². The first kappa shape index (κ1) is 14.9. The number of nitrogens with zero attached hydrogens (tertiary/aromatic N) is 4. The summed E-state index contributed by atoms with van der Waals surface area (Å²) in [4.78, 5) is 14.3. The van der Waals surface area contributed by atoms with Crippen molar-refractivity contribution in [2.24, 2.45) is 0 Å². The molecule has 0 N–H and O–H groups in total. The number of carbonyl (C=O) groups excluding carboxylic acids is 1. The number of benzene rings is 1. The molecule has 1 aromatic carbocycles. The third-order valence-corrected chi connectivity index (χ3v) is 4.18. The van der Waals surface area contributed by atoms with Gasteiger partial charge in [0.05, 0.1) is 18.8 Å². The molecule has 1 unspecified atom stereocenters. The average molecular weight is 330 g/mol. The van der Waals surface area contributed by atoms with Crippen molar-refractivity contribution in [1.82, 2.24) is 19.9 Å². The van der Waals surface area contributed by atoms with E-state index in [1.54, 1.807) is 22.8 Å². The highest BCUT2D eigenvalue weighted by Gasteiger charge is 2.38. The number of para-hydroxylation sites is 2. The molecule has 2 aliphatic heterocycles. The third-order valence-electron chi connectivity index (χ3n) is 4.18. The van der Waals surface area contributed by atoms with E-state index in [0.29, 0.717) is 31.2 Å². The maximum atomic E-state index is 12.5. The van der Waals surface area contributed by atoms with Crippen LogP contribution in [-0.2, 0) is 16.1 Å². The Morgan fingerprint density at radius 3 is 2.92 bits per heavy atom. The quantitative estimate of drug-likeness (QED) is 0.819. The van der Waals surface area contributed by atoms with E-state index >= 15 is 0 Å². The lowest BCUT2D eigenvalue weighted by Crippen LogP contribution is -2.56. The number of methoxy groups -OCH3 is 1. The zero-order valence-electron chi connectivity index (χ0n) is 13.3. The second-order valence-electron chi connectivity index (χ2n) is 5.88. The molecule has 1 aromatic heterocycles. The number of rotatable bonds is 4. The molecular formula is C16H18N4O4. The summed E-state index contributed by atoms with van der Waals surface area (Å²) in [6, 6.07) is 7.51. The van der Waals surface area contributed by atoms with Crippen molar-refractivity contribution < 1.29 is 19.0 Å². The molecule has 1 saturated heterocycles. The Morgan fingerprint density at radius 2 is 2.12 bits per heavy atom. The number of hydrogen-bond donors (Lipinski definition) is 0. The molecule has 2 aliphatic rings. The zero-order valence-corrected chi connectivity index (χ0v) is 13.3. The van der Waals surface area contributed by atoms with Gasteiger partial charge in [-0.15, -0.1) is 5.10 Å². The summed E-state index contributed by atoms with van der Waals surface area (Å²) in [5.41, 5.74) is 0.780. The largest absolute Gasteiger partial charge is 0.485 e. The highest BCUT2D eigenvalue weighted by molar-refractivity contribution is 5.82. The number of amides is 1. The van der Waals surface area contributed by atoms with Crippen molar-refractivity contribution in [3.63, 3.8) is 0 Å². The molecule has 0 spiro atoms. The van der Waals surface area contributed by atoms with Gasteiger partial charge in [-0.25, -0.2) is 4.68 Å². The van der Waals surface area contributed by atoms with Gasteiger partial charge in [0.15, 0.2) is 11.5 Å². The number of carbonyl (C=O) groups is 1. The normalized spacial score (nSPS) is 19.9. The van der Waals surface area contributed by atoms with E-state index in [4.69, 9.17) is 14.2 Å². The van der Waals surface area contributed by atoms with Crippen molar-refractivity contribution >= 4 is 5.91 Å². The molecule has 126 valence electrons. The van der Waals surface area contributed by atoms with E-state index < -0.39 is 6.10 Å². The van der Waals surface area contributed by atoms with Gasteiger partial charge in [0.2, 0.25) is 6.10 Å². The van der Waals surface area contributed by atoms with Crippen LogP contribution in [0.1, 0.15) is 11.7 Å². The average Bonchev–Trinajstić information content (AvgIpc) is 3.01. The van der Waals surface area contributed by atoms with Gasteiger partial charge in [-0.3, -0.25) is 4.79 Å². The SMILES string of the molecule is COCc1cn(C2CN(C(=O)C3COc4ccccc4O3)C2)nn1. The fourth-order valence-electron chi connectivity index (χ4n) is 2.85. The summed E-state index contributed by atoms with van der Waals surface area (Å²) in [5.74, 6) is 1.23. The molecule has 2 aromatic rings. The van der Waals surface area contributed by atoms with Crippen molar-refractivity contribution in [1.29, 1.82) is 0 Å². The van der Waals surface area contributed by atoms with E-state index in [9.17, 15) is 4.79 Å². The van der Waals surface area contributed by atoms with Crippen LogP contribution in [-0.4, -0.2) is 58.7 Å². The lowest BCUT2D eigenvalue weighted by Gasteiger charge is -2.41. The highest BCUT2D eigenvalue weighted by Crippen LogP contribution is 2.32. The molecule has 3 heterocycles. The first-order valence-corrected chi connectivity index (χ1v) is 7.81. The molecule has 1 amide bonds. The molecule has 0 saturated carbocycles. The van der Waals surface area contributed by atoms with Crippen LogP contribution in [0.5, 0.6) is 11.5 Å². The summed E-state index contributed by atoms with van der Waals surface area (Å²) in [5, 5.41) is 8.12. The predicted molar refractivity (Wildman–Crippen MR) is 82.7 cm³/mol. The van der Waals surface area contributed by atoms with Gasteiger partial charge in [0, 0.05) is 20.2 Å². The second kappa shape index (κ2) is 6.12. The monoisotopic (exact) mass is 330 g/mol. The summed E-state index contributed by atoms with van der Waals surface area (Å²) in [6.07, 6.45) is 1.26. The molecular weight excluding hydrogens is 312 g/mol. The third kappa shape index (κ3) is 2.69. The van der Waals surface area contributed by atoms with Crippen LogP contribution in [0.4, 0.5) is 0 Å². The van der Waals surface area contributed by atoms with E-state index in [0.717, 1.165) is 5.69 Å². The van der Waals surface area contributed by atoms with Crippen LogP contribution in [0.3, 0.4) is 0 Å². The molecule has 0 bridgehead atoms. The lowest BCUT2D eigenvalue weighted by atomic mass is 10.1. The smallest absolute Gasteiger partial charge is 0.267 e. The minimum absolute atomic E-state index is 0.0574. The van der Waals surface area contributed by atoms with Crippen molar-refractivity contribution in [3.8, 4) is 11.5 Å². The molecule has 4 rings (SSSR count). The molecule has 1 fully saturated rings. The van der Waals surface area contributed by atoms with Gasteiger partial charge in [-0.1, -0.05) is 17.3 Å². The fourth-order valence-corrected chi connectivity index (χ4v) is 2.85. The van der Waals surface area contributed by atoms with Crippen LogP contribution < -0.4 is 9.47 Å². The first-order chi connectivity index (χ1) is 11.7. The Balaban J connectivity index is 1.34. The van der Waals surface area contributed by atoms with Gasteiger partial charge in [0.1, 0.15) is 12.3 Å². The Labute approximate surface area is 138 Å². The van der Waals surface area contributed by atoms with Crippen LogP contribution in [0.2, 0.25) is 0 Å². The highest BCUT2D eigenvalue weighted by atomic mass is 16.6. The number of likely N-dealkylation sites (tertiary alicyclic amines) is 1. The molecule has 0 radical (unpaired) electrons. The van der Waals surface area contributed by atoms with Gasteiger partial charge in [0.25, 0.3) is 5.91 Å². The first-order valence-electron chi connectivity index (χ1n) is 7.81. The number of fused-ring (bicyclic) bond motifs is 1. The molecule has 8 nitrogen and oxygen atoms in total. The maximum absolute atomic E-state index is 12.5. The van der Waals surface area contributed by atoms with Gasteiger partial charge >= 0.3 is 0 Å².